The monoisotopic (exact) mass is 461 g/mol. The number of nitrogens with two attached hydrogens (primary N) is 1. The Labute approximate surface area is 190 Å². The van der Waals surface area contributed by atoms with Crippen molar-refractivity contribution in [1.82, 2.24) is 15.0 Å². The maximum atomic E-state index is 12.8. The number of nitrogens with zero attached hydrogens (tertiary/aromatic N) is 1. The standard InChI is InChI=1S/C22H25ClN4O3S/c1-22(2,3)30-21(29)26-18(14-7-5-4-6-8-14)20(28)25-12-11-24-19-16-13-15(23)9-10-17(16)31-27-19/h4-10,13,18H,11-12H2,1-3H3,(H,24,27)(H,25,28)(H,26,29)/p+1/t18-/m0/s1. The third-order valence-corrected chi connectivity index (χ3v) is 5.37. The van der Waals surface area contributed by atoms with Crippen LogP contribution in [0.3, 0.4) is 0 Å². The van der Waals surface area contributed by atoms with E-state index in [9.17, 15) is 9.59 Å². The molecule has 1 heterocycles. The maximum Gasteiger partial charge on any atom is 0.408 e. The van der Waals surface area contributed by atoms with Gasteiger partial charge in [-0.15, -0.1) is 4.37 Å². The number of fused-ring (bicyclic) bond motifs is 1. The molecule has 0 unspecified atom stereocenters. The predicted molar refractivity (Wildman–Crippen MR) is 123 cm³/mol. The fraction of sp³-hybridized carbons (Fsp3) is 0.318. The SMILES string of the molecule is CC(C)(C)OC(=O)N[C@H](C(=O)NCC[NH2+]c1nsc2ccc(Cl)cc12)c1ccccc1. The van der Waals surface area contributed by atoms with Crippen LogP contribution in [0, 0.1) is 0 Å². The summed E-state index contributed by atoms with van der Waals surface area (Å²) >= 11 is 7.50. The topological polar surface area (TPSA) is 96.9 Å². The Hall–Kier alpha value is -2.68. The zero-order valence-corrected chi connectivity index (χ0v) is 19.2. The number of hydrogen-bond acceptors (Lipinski definition) is 5. The number of rotatable bonds is 7. The second kappa shape index (κ2) is 10.1. The molecule has 0 spiro atoms. The number of carbonyl (C=O) groups excluding carboxylic acids is 2. The van der Waals surface area contributed by atoms with Crippen LogP contribution in [-0.2, 0) is 9.53 Å². The molecule has 164 valence electrons. The summed E-state index contributed by atoms with van der Waals surface area (Å²) in [5.41, 5.74) is 0.0191. The number of nitrogens with one attached hydrogen (secondary N) is 2. The highest BCUT2D eigenvalue weighted by atomic mass is 35.5. The molecular weight excluding hydrogens is 436 g/mol. The molecule has 2 aromatic carbocycles. The third-order valence-electron chi connectivity index (χ3n) is 4.30. The van der Waals surface area contributed by atoms with E-state index in [1.54, 1.807) is 32.9 Å². The summed E-state index contributed by atoms with van der Waals surface area (Å²) in [7, 11) is 0. The van der Waals surface area contributed by atoms with E-state index < -0.39 is 17.7 Å². The quantitative estimate of drug-likeness (QED) is 0.469. The van der Waals surface area contributed by atoms with Crippen molar-refractivity contribution in [3.63, 3.8) is 0 Å². The van der Waals surface area contributed by atoms with Gasteiger partial charge in [0.25, 0.3) is 0 Å². The zero-order chi connectivity index (χ0) is 22.4. The van der Waals surface area contributed by atoms with Crippen molar-refractivity contribution < 1.29 is 19.6 Å². The minimum Gasteiger partial charge on any atom is -0.444 e. The van der Waals surface area contributed by atoms with E-state index in [4.69, 9.17) is 16.3 Å². The molecule has 0 saturated carbocycles. The Bertz CT molecular complexity index is 1050. The van der Waals surface area contributed by atoms with E-state index in [2.05, 4.69) is 15.0 Å². The molecule has 0 radical (unpaired) electrons. The number of ether oxygens (including phenoxy) is 1. The van der Waals surface area contributed by atoms with Crippen LogP contribution in [0.25, 0.3) is 10.1 Å². The number of aromatic nitrogens is 1. The first-order valence-corrected chi connectivity index (χ1v) is 11.1. The van der Waals surface area contributed by atoms with E-state index in [0.717, 1.165) is 15.9 Å². The summed E-state index contributed by atoms with van der Waals surface area (Å²) in [6.07, 6.45) is -0.645. The van der Waals surface area contributed by atoms with E-state index in [1.165, 1.54) is 11.5 Å². The molecule has 7 nitrogen and oxygen atoms in total. The number of benzene rings is 2. The second-order valence-electron chi connectivity index (χ2n) is 7.98. The maximum absolute atomic E-state index is 12.8. The molecule has 2 amide bonds. The average Bonchev–Trinajstić information content (AvgIpc) is 3.10. The van der Waals surface area contributed by atoms with Gasteiger partial charge < -0.3 is 15.4 Å². The lowest BCUT2D eigenvalue weighted by Gasteiger charge is -2.23. The van der Waals surface area contributed by atoms with Crippen molar-refractivity contribution in [3.05, 3.63) is 59.1 Å². The Morgan fingerprint density at radius 1 is 1.19 bits per heavy atom. The van der Waals surface area contributed by atoms with Gasteiger partial charge in [-0.1, -0.05) is 41.9 Å². The van der Waals surface area contributed by atoms with Crippen molar-refractivity contribution in [2.75, 3.05) is 13.1 Å². The molecule has 0 saturated heterocycles. The molecule has 1 aromatic heterocycles. The normalized spacial score (nSPS) is 12.4. The molecule has 31 heavy (non-hydrogen) atoms. The highest BCUT2D eigenvalue weighted by Gasteiger charge is 2.25. The van der Waals surface area contributed by atoms with Gasteiger partial charge in [0.2, 0.25) is 11.7 Å². The highest BCUT2D eigenvalue weighted by molar-refractivity contribution is 7.13. The van der Waals surface area contributed by atoms with Crippen molar-refractivity contribution in [3.8, 4) is 0 Å². The van der Waals surface area contributed by atoms with E-state index in [0.29, 0.717) is 23.7 Å². The molecule has 3 rings (SSSR count). The van der Waals surface area contributed by atoms with Gasteiger partial charge in [-0.05, 0) is 56.1 Å². The van der Waals surface area contributed by atoms with Gasteiger partial charge in [0.05, 0.1) is 23.2 Å². The highest BCUT2D eigenvalue weighted by Crippen LogP contribution is 2.26. The summed E-state index contributed by atoms with van der Waals surface area (Å²) in [6.45, 7) is 6.31. The van der Waals surface area contributed by atoms with Gasteiger partial charge in [0, 0.05) is 5.02 Å². The van der Waals surface area contributed by atoms with Gasteiger partial charge in [0.1, 0.15) is 11.6 Å². The molecule has 9 heteroatoms. The van der Waals surface area contributed by atoms with Gasteiger partial charge in [0.15, 0.2) is 0 Å². The predicted octanol–water partition coefficient (Wildman–Crippen LogP) is 3.53. The fourth-order valence-electron chi connectivity index (χ4n) is 2.95. The van der Waals surface area contributed by atoms with Crippen molar-refractivity contribution in [2.24, 2.45) is 0 Å². The average molecular weight is 462 g/mol. The Kier molecular flexibility index (Phi) is 7.48. The second-order valence-corrected chi connectivity index (χ2v) is 9.22. The first-order valence-electron chi connectivity index (χ1n) is 9.93. The molecule has 0 bridgehead atoms. The van der Waals surface area contributed by atoms with Crippen LogP contribution in [-0.4, -0.2) is 35.1 Å². The fourth-order valence-corrected chi connectivity index (χ4v) is 3.89. The van der Waals surface area contributed by atoms with Crippen LogP contribution < -0.4 is 16.0 Å². The Morgan fingerprint density at radius 3 is 2.65 bits per heavy atom. The van der Waals surface area contributed by atoms with Gasteiger partial charge in [-0.2, -0.15) is 0 Å². The molecule has 0 aliphatic rings. The van der Waals surface area contributed by atoms with E-state index in [1.807, 2.05) is 41.7 Å². The summed E-state index contributed by atoms with van der Waals surface area (Å²) in [5, 5.41) is 9.17. The molecular formula is C22H26ClN4O3S+. The van der Waals surface area contributed by atoms with Crippen molar-refractivity contribution in [1.29, 1.82) is 0 Å². The van der Waals surface area contributed by atoms with Gasteiger partial charge >= 0.3 is 6.09 Å². The van der Waals surface area contributed by atoms with E-state index in [-0.39, 0.29) is 5.91 Å². The van der Waals surface area contributed by atoms with Crippen molar-refractivity contribution in [2.45, 2.75) is 32.4 Å². The number of hydrogen-bond donors (Lipinski definition) is 3. The molecule has 4 N–H and O–H groups in total. The smallest absolute Gasteiger partial charge is 0.408 e. The van der Waals surface area contributed by atoms with Crippen LogP contribution in [0.2, 0.25) is 5.02 Å². The number of halogens is 1. The number of carbonyl (C=O) groups is 2. The van der Waals surface area contributed by atoms with Gasteiger partial charge in [-0.3, -0.25) is 10.1 Å². The zero-order valence-electron chi connectivity index (χ0n) is 17.6. The minimum absolute atomic E-state index is 0.309. The lowest BCUT2D eigenvalue weighted by atomic mass is 10.1. The number of quaternary nitrogens is 1. The summed E-state index contributed by atoms with van der Waals surface area (Å²) in [4.78, 5) is 25.1. The Morgan fingerprint density at radius 2 is 1.94 bits per heavy atom. The molecule has 0 aliphatic heterocycles. The number of amides is 2. The molecule has 1 atom stereocenters. The summed E-state index contributed by atoms with van der Waals surface area (Å²) < 4.78 is 10.8. The lowest BCUT2D eigenvalue weighted by molar-refractivity contribution is -0.571. The van der Waals surface area contributed by atoms with Crippen LogP contribution in [0.1, 0.15) is 32.4 Å². The van der Waals surface area contributed by atoms with Gasteiger partial charge in [-0.25, -0.2) is 4.79 Å². The first kappa shape index (κ1) is 23.0. The third kappa shape index (κ3) is 6.65. The van der Waals surface area contributed by atoms with Crippen LogP contribution in [0.4, 0.5) is 10.6 Å². The summed E-state index contributed by atoms with van der Waals surface area (Å²) in [5.74, 6) is 0.542. The van der Waals surface area contributed by atoms with Crippen LogP contribution in [0.15, 0.2) is 48.5 Å². The molecule has 0 fully saturated rings. The minimum atomic E-state index is -0.852. The molecule has 0 aliphatic carbocycles. The summed E-state index contributed by atoms with van der Waals surface area (Å²) in [6, 6.07) is 13.9. The molecule has 3 aromatic rings. The van der Waals surface area contributed by atoms with Crippen LogP contribution >= 0.6 is 23.1 Å². The lowest BCUT2D eigenvalue weighted by Crippen LogP contribution is -2.80. The first-order chi connectivity index (χ1) is 14.7. The number of alkyl carbamates (subject to hydrolysis) is 1. The Balaban J connectivity index is 1.59. The van der Waals surface area contributed by atoms with Crippen LogP contribution in [0.5, 0.6) is 0 Å². The largest absolute Gasteiger partial charge is 0.444 e. The van der Waals surface area contributed by atoms with Crippen molar-refractivity contribution >= 4 is 51.0 Å². The van der Waals surface area contributed by atoms with E-state index >= 15 is 0 Å².